The van der Waals surface area contributed by atoms with Crippen molar-refractivity contribution in [3.8, 4) is 5.75 Å². The van der Waals surface area contributed by atoms with E-state index < -0.39 is 0 Å². The van der Waals surface area contributed by atoms with Gasteiger partial charge in [0.1, 0.15) is 12.4 Å². The van der Waals surface area contributed by atoms with Crippen molar-refractivity contribution in [1.82, 2.24) is 14.9 Å². The van der Waals surface area contributed by atoms with Gasteiger partial charge in [0.25, 0.3) is 0 Å². The predicted molar refractivity (Wildman–Crippen MR) is 108 cm³/mol. The third-order valence-electron chi connectivity index (χ3n) is 5.10. The van der Waals surface area contributed by atoms with Crippen LogP contribution in [-0.2, 0) is 11.3 Å². The molecule has 0 unspecified atom stereocenters. The summed E-state index contributed by atoms with van der Waals surface area (Å²) in [6.45, 7) is 2.48. The van der Waals surface area contributed by atoms with Crippen LogP contribution in [-0.4, -0.2) is 40.7 Å². The number of fused-ring (bicyclic) bond motifs is 1. The highest BCUT2D eigenvalue weighted by Gasteiger charge is 2.23. The SMILES string of the molecule is O=C(OCc1cncs1)N1CCC(CCOc2ccc3ccncc3c2)CC1. The molecule has 1 aliphatic rings. The van der Waals surface area contributed by atoms with Crippen LogP contribution in [0.4, 0.5) is 4.79 Å². The smallest absolute Gasteiger partial charge is 0.410 e. The van der Waals surface area contributed by atoms with Crippen molar-refractivity contribution < 1.29 is 14.3 Å². The first-order chi connectivity index (χ1) is 13.8. The molecule has 0 spiro atoms. The van der Waals surface area contributed by atoms with Crippen molar-refractivity contribution in [3.63, 3.8) is 0 Å². The lowest BCUT2D eigenvalue weighted by Crippen LogP contribution is -2.39. The van der Waals surface area contributed by atoms with Gasteiger partial charge in [-0.05, 0) is 48.8 Å². The number of rotatable bonds is 6. The summed E-state index contributed by atoms with van der Waals surface area (Å²) in [5.41, 5.74) is 1.74. The molecule has 0 saturated carbocycles. The molecule has 0 N–H and O–H groups in total. The summed E-state index contributed by atoms with van der Waals surface area (Å²) in [7, 11) is 0. The minimum Gasteiger partial charge on any atom is -0.494 e. The topological polar surface area (TPSA) is 64.5 Å². The Labute approximate surface area is 168 Å². The molecular formula is C21H23N3O3S. The zero-order valence-electron chi connectivity index (χ0n) is 15.6. The number of hydrogen-bond donors (Lipinski definition) is 0. The Morgan fingerprint density at radius 1 is 1.14 bits per heavy atom. The fraction of sp³-hybridized carbons (Fsp3) is 0.381. The molecule has 0 bridgehead atoms. The highest BCUT2D eigenvalue weighted by atomic mass is 32.1. The average molecular weight is 398 g/mol. The zero-order valence-corrected chi connectivity index (χ0v) is 16.4. The molecule has 7 heteroatoms. The Morgan fingerprint density at radius 2 is 2.04 bits per heavy atom. The minimum atomic E-state index is -0.229. The second kappa shape index (κ2) is 9.01. The second-order valence-corrected chi connectivity index (χ2v) is 7.95. The van der Waals surface area contributed by atoms with Crippen molar-refractivity contribution in [3.05, 3.63) is 53.2 Å². The maximum atomic E-state index is 12.2. The van der Waals surface area contributed by atoms with E-state index in [9.17, 15) is 4.79 Å². The quantitative estimate of drug-likeness (QED) is 0.612. The van der Waals surface area contributed by atoms with Gasteiger partial charge in [-0.25, -0.2) is 4.79 Å². The summed E-state index contributed by atoms with van der Waals surface area (Å²) in [4.78, 5) is 23.1. The Bertz CT molecular complexity index is 908. The van der Waals surface area contributed by atoms with Gasteiger partial charge >= 0.3 is 6.09 Å². The van der Waals surface area contributed by atoms with E-state index in [1.54, 1.807) is 22.8 Å². The Balaban J connectivity index is 1.17. The lowest BCUT2D eigenvalue weighted by Gasteiger charge is -2.31. The molecule has 28 heavy (non-hydrogen) atoms. The van der Waals surface area contributed by atoms with Gasteiger partial charge in [-0.15, -0.1) is 11.3 Å². The first kappa shape index (κ1) is 18.7. The van der Waals surface area contributed by atoms with Crippen molar-refractivity contribution in [2.45, 2.75) is 25.9 Å². The first-order valence-electron chi connectivity index (χ1n) is 9.53. The maximum absolute atomic E-state index is 12.2. The monoisotopic (exact) mass is 397 g/mol. The normalized spacial score (nSPS) is 14.9. The summed E-state index contributed by atoms with van der Waals surface area (Å²) >= 11 is 1.50. The standard InChI is InChI=1S/C21H23N3O3S/c25-21(27-14-20-13-23-15-28-20)24-8-4-16(5-9-24)6-10-26-19-2-1-17-3-7-22-12-18(17)11-19/h1-3,7,11-13,15-16H,4-6,8-10,14H2. The third kappa shape index (κ3) is 4.78. The van der Waals surface area contributed by atoms with Crippen LogP contribution >= 0.6 is 11.3 Å². The summed E-state index contributed by atoms with van der Waals surface area (Å²) in [5.74, 6) is 1.46. The Hall–Kier alpha value is -2.67. The van der Waals surface area contributed by atoms with Gasteiger partial charge in [0, 0.05) is 37.1 Å². The lowest BCUT2D eigenvalue weighted by atomic mass is 9.94. The molecule has 1 aromatic carbocycles. The summed E-state index contributed by atoms with van der Waals surface area (Å²) < 4.78 is 11.3. The van der Waals surface area contributed by atoms with Crippen molar-refractivity contribution in [2.24, 2.45) is 5.92 Å². The summed E-state index contributed by atoms with van der Waals surface area (Å²) in [6, 6.07) is 8.09. The van der Waals surface area contributed by atoms with Crippen LogP contribution < -0.4 is 4.74 Å². The van der Waals surface area contributed by atoms with E-state index in [1.807, 2.05) is 24.4 Å². The molecule has 1 amide bonds. The van der Waals surface area contributed by atoms with Crippen LogP contribution in [0.1, 0.15) is 24.1 Å². The molecule has 1 aliphatic heterocycles. The van der Waals surface area contributed by atoms with E-state index in [-0.39, 0.29) is 6.09 Å². The minimum absolute atomic E-state index is 0.229. The number of pyridine rings is 1. The average Bonchev–Trinajstić information content (AvgIpc) is 3.26. The highest BCUT2D eigenvalue weighted by molar-refractivity contribution is 7.09. The van der Waals surface area contributed by atoms with Gasteiger partial charge in [0.05, 0.1) is 17.0 Å². The van der Waals surface area contributed by atoms with Gasteiger partial charge in [-0.1, -0.05) is 6.07 Å². The number of carbonyl (C=O) groups is 1. The molecule has 146 valence electrons. The van der Waals surface area contributed by atoms with Crippen LogP contribution in [0.15, 0.2) is 48.4 Å². The van der Waals surface area contributed by atoms with E-state index in [0.717, 1.165) is 53.8 Å². The van der Waals surface area contributed by atoms with Gasteiger partial charge in [0.2, 0.25) is 0 Å². The molecule has 3 aromatic rings. The Morgan fingerprint density at radius 3 is 2.86 bits per heavy atom. The number of benzene rings is 1. The van der Waals surface area contributed by atoms with Crippen molar-refractivity contribution in [1.29, 1.82) is 0 Å². The summed E-state index contributed by atoms with van der Waals surface area (Å²) in [6.07, 6.45) is 8.12. The fourth-order valence-electron chi connectivity index (χ4n) is 3.44. The predicted octanol–water partition coefficient (Wildman–Crippen LogP) is 4.51. The van der Waals surface area contributed by atoms with Gasteiger partial charge < -0.3 is 14.4 Å². The van der Waals surface area contributed by atoms with Crippen LogP contribution in [0.3, 0.4) is 0 Å². The molecule has 0 aliphatic carbocycles. The van der Waals surface area contributed by atoms with E-state index in [4.69, 9.17) is 9.47 Å². The molecular weight excluding hydrogens is 374 g/mol. The molecule has 1 saturated heterocycles. The van der Waals surface area contributed by atoms with Crippen molar-refractivity contribution >= 4 is 28.2 Å². The van der Waals surface area contributed by atoms with Gasteiger partial charge in [-0.2, -0.15) is 0 Å². The van der Waals surface area contributed by atoms with Gasteiger partial charge in [-0.3, -0.25) is 9.97 Å². The molecule has 0 radical (unpaired) electrons. The lowest BCUT2D eigenvalue weighted by molar-refractivity contribution is 0.0807. The van der Waals surface area contributed by atoms with Crippen LogP contribution in [0.25, 0.3) is 10.8 Å². The number of aromatic nitrogens is 2. The number of nitrogens with zero attached hydrogens (tertiary/aromatic N) is 3. The van der Waals surface area contributed by atoms with Crippen molar-refractivity contribution in [2.75, 3.05) is 19.7 Å². The highest BCUT2D eigenvalue weighted by Crippen LogP contribution is 2.23. The summed E-state index contributed by atoms with van der Waals surface area (Å²) in [5, 5.41) is 2.25. The number of carbonyl (C=O) groups excluding carboxylic acids is 1. The Kier molecular flexibility index (Phi) is 6.01. The van der Waals surface area contributed by atoms with Crippen LogP contribution in [0, 0.1) is 5.92 Å². The molecule has 3 heterocycles. The van der Waals surface area contributed by atoms with E-state index >= 15 is 0 Å². The van der Waals surface area contributed by atoms with E-state index in [2.05, 4.69) is 16.0 Å². The van der Waals surface area contributed by atoms with Crippen LogP contribution in [0.5, 0.6) is 5.75 Å². The molecule has 1 fully saturated rings. The first-order valence-corrected chi connectivity index (χ1v) is 10.4. The van der Waals surface area contributed by atoms with Crippen LogP contribution in [0.2, 0.25) is 0 Å². The molecule has 6 nitrogen and oxygen atoms in total. The number of hydrogen-bond acceptors (Lipinski definition) is 6. The van der Waals surface area contributed by atoms with E-state index in [0.29, 0.717) is 19.1 Å². The molecule has 0 atom stereocenters. The maximum Gasteiger partial charge on any atom is 0.410 e. The second-order valence-electron chi connectivity index (χ2n) is 6.97. The molecule has 2 aromatic heterocycles. The number of amides is 1. The fourth-order valence-corrected chi connectivity index (χ4v) is 3.94. The number of ether oxygens (including phenoxy) is 2. The number of piperidine rings is 1. The van der Waals surface area contributed by atoms with E-state index in [1.165, 1.54) is 11.3 Å². The largest absolute Gasteiger partial charge is 0.494 e. The zero-order chi connectivity index (χ0) is 19.2. The number of thiazole rings is 1. The third-order valence-corrected chi connectivity index (χ3v) is 5.85. The molecule has 4 rings (SSSR count). The number of likely N-dealkylation sites (tertiary alicyclic amines) is 1. The van der Waals surface area contributed by atoms with Gasteiger partial charge in [0.15, 0.2) is 0 Å².